The van der Waals surface area contributed by atoms with Crippen LogP contribution in [-0.2, 0) is 4.74 Å². The molecule has 0 atom stereocenters. The molecule has 0 N–H and O–H groups in total. The number of nitrogens with zero attached hydrogens (tertiary/aromatic N) is 3. The fraction of sp³-hybridized carbons (Fsp3) is 1.00. The van der Waals surface area contributed by atoms with Crippen LogP contribution in [-0.4, -0.2) is 87.3 Å². The van der Waals surface area contributed by atoms with Gasteiger partial charge in [0.1, 0.15) is 0 Å². The average molecular weight is 243 g/mol. The Labute approximate surface area is 107 Å². The van der Waals surface area contributed by atoms with Crippen molar-refractivity contribution in [3.63, 3.8) is 0 Å². The first-order valence-corrected chi connectivity index (χ1v) is 6.97. The molecule has 2 aliphatic heterocycles. The molecule has 4 nitrogen and oxygen atoms in total. The molecule has 0 spiro atoms. The number of piperazine rings is 1. The van der Waals surface area contributed by atoms with Crippen LogP contribution in [0, 0.1) is 0 Å². The first-order valence-electron chi connectivity index (χ1n) is 6.97. The highest BCUT2D eigenvalue weighted by molar-refractivity contribution is 4.67. The van der Waals surface area contributed by atoms with E-state index in [0.29, 0.717) is 0 Å². The Balaban J connectivity index is 0.000000171. The predicted octanol–water partition coefficient (Wildman–Crippen LogP) is 0.592. The molecule has 0 bridgehead atoms. The second-order valence-corrected chi connectivity index (χ2v) is 4.78. The smallest absolute Gasteiger partial charge is 0.0594 e. The van der Waals surface area contributed by atoms with E-state index in [1.165, 1.54) is 39.3 Å². The summed E-state index contributed by atoms with van der Waals surface area (Å²) in [5.41, 5.74) is 0. The standard InChI is InChI=1S/C7H16N2.C6H13NO/c1-3-9-6-4-8(2)5-7-9;1-2-7-3-5-8-6-4-7/h3-7H2,1-2H3;2-6H2,1H3. The summed E-state index contributed by atoms with van der Waals surface area (Å²) in [4.78, 5) is 7.26. The van der Waals surface area contributed by atoms with E-state index in [1.54, 1.807) is 0 Å². The Morgan fingerprint density at radius 2 is 1.24 bits per heavy atom. The van der Waals surface area contributed by atoms with Gasteiger partial charge in [-0.3, -0.25) is 4.90 Å². The third kappa shape index (κ3) is 6.36. The summed E-state index contributed by atoms with van der Waals surface area (Å²) < 4.78 is 5.16. The number of morpholine rings is 1. The van der Waals surface area contributed by atoms with Crippen LogP contribution in [0.1, 0.15) is 13.8 Å². The minimum atomic E-state index is 0.924. The molecule has 2 saturated heterocycles. The monoisotopic (exact) mass is 243 g/mol. The average Bonchev–Trinajstić information content (AvgIpc) is 2.41. The first kappa shape index (κ1) is 14.9. The molecule has 2 fully saturated rings. The van der Waals surface area contributed by atoms with Crippen LogP contribution in [0.2, 0.25) is 0 Å². The molecule has 0 aromatic heterocycles. The fourth-order valence-corrected chi connectivity index (χ4v) is 2.08. The second-order valence-electron chi connectivity index (χ2n) is 4.78. The Bertz CT molecular complexity index is 176. The second kappa shape index (κ2) is 8.86. The van der Waals surface area contributed by atoms with Crippen molar-refractivity contribution in [2.45, 2.75) is 13.8 Å². The topological polar surface area (TPSA) is 19.0 Å². The van der Waals surface area contributed by atoms with Crippen LogP contribution < -0.4 is 0 Å². The number of rotatable bonds is 2. The predicted molar refractivity (Wildman–Crippen MR) is 72.5 cm³/mol. The molecular formula is C13H29N3O. The summed E-state index contributed by atoms with van der Waals surface area (Å²) in [6.45, 7) is 15.9. The van der Waals surface area contributed by atoms with Crippen molar-refractivity contribution in [3.8, 4) is 0 Å². The maximum absolute atomic E-state index is 5.16. The van der Waals surface area contributed by atoms with E-state index in [1.807, 2.05) is 0 Å². The lowest BCUT2D eigenvalue weighted by Gasteiger charge is -2.31. The Kier molecular flexibility index (Phi) is 7.77. The van der Waals surface area contributed by atoms with Gasteiger partial charge in [-0.25, -0.2) is 0 Å². The molecule has 2 rings (SSSR count). The van der Waals surface area contributed by atoms with Gasteiger partial charge in [0.2, 0.25) is 0 Å². The number of hydrogen-bond acceptors (Lipinski definition) is 4. The molecule has 0 radical (unpaired) electrons. The molecule has 102 valence electrons. The van der Waals surface area contributed by atoms with Crippen molar-refractivity contribution >= 4 is 0 Å². The van der Waals surface area contributed by atoms with Gasteiger partial charge in [0.25, 0.3) is 0 Å². The highest BCUT2D eigenvalue weighted by Crippen LogP contribution is 1.96. The summed E-state index contributed by atoms with van der Waals surface area (Å²) >= 11 is 0. The van der Waals surface area contributed by atoms with Crippen molar-refractivity contribution < 1.29 is 4.74 Å². The summed E-state index contributed by atoms with van der Waals surface area (Å²) in [7, 11) is 2.19. The van der Waals surface area contributed by atoms with Gasteiger partial charge >= 0.3 is 0 Å². The van der Waals surface area contributed by atoms with Gasteiger partial charge < -0.3 is 14.5 Å². The SMILES string of the molecule is CCN1CCN(C)CC1.CCN1CCOCC1. The van der Waals surface area contributed by atoms with Gasteiger partial charge in [-0.2, -0.15) is 0 Å². The molecule has 0 unspecified atom stereocenters. The zero-order valence-corrected chi connectivity index (χ0v) is 11.8. The van der Waals surface area contributed by atoms with Gasteiger partial charge in [-0.05, 0) is 20.1 Å². The third-order valence-corrected chi connectivity index (χ3v) is 3.59. The van der Waals surface area contributed by atoms with E-state index in [4.69, 9.17) is 4.74 Å². The minimum Gasteiger partial charge on any atom is -0.379 e. The van der Waals surface area contributed by atoms with Crippen LogP contribution in [0.3, 0.4) is 0 Å². The zero-order valence-electron chi connectivity index (χ0n) is 11.8. The normalized spacial score (nSPS) is 24.2. The van der Waals surface area contributed by atoms with Crippen LogP contribution >= 0.6 is 0 Å². The summed E-state index contributed by atoms with van der Waals surface area (Å²) in [6.07, 6.45) is 0. The fourth-order valence-electron chi connectivity index (χ4n) is 2.08. The Morgan fingerprint density at radius 1 is 0.765 bits per heavy atom. The highest BCUT2D eigenvalue weighted by atomic mass is 16.5. The summed E-state index contributed by atoms with van der Waals surface area (Å²) in [5.74, 6) is 0. The van der Waals surface area contributed by atoms with E-state index >= 15 is 0 Å². The molecule has 17 heavy (non-hydrogen) atoms. The largest absolute Gasteiger partial charge is 0.379 e. The molecular weight excluding hydrogens is 214 g/mol. The van der Waals surface area contributed by atoms with Gasteiger partial charge in [0.05, 0.1) is 13.2 Å². The van der Waals surface area contributed by atoms with Crippen molar-refractivity contribution in [2.24, 2.45) is 0 Å². The lowest BCUT2D eigenvalue weighted by molar-refractivity contribution is 0.0405. The Morgan fingerprint density at radius 3 is 1.65 bits per heavy atom. The van der Waals surface area contributed by atoms with E-state index < -0.39 is 0 Å². The number of hydrogen-bond donors (Lipinski definition) is 0. The Hall–Kier alpha value is -0.160. The molecule has 0 aliphatic carbocycles. The molecule has 4 heteroatoms. The van der Waals surface area contributed by atoms with Crippen molar-refractivity contribution in [3.05, 3.63) is 0 Å². The lowest BCUT2D eigenvalue weighted by atomic mass is 10.3. The minimum absolute atomic E-state index is 0.924. The molecule has 2 heterocycles. The van der Waals surface area contributed by atoms with E-state index in [0.717, 1.165) is 26.3 Å². The third-order valence-electron chi connectivity index (χ3n) is 3.59. The lowest BCUT2D eigenvalue weighted by Crippen LogP contribution is -2.44. The van der Waals surface area contributed by atoms with Gasteiger partial charge in [0, 0.05) is 39.3 Å². The quantitative estimate of drug-likeness (QED) is 0.706. The van der Waals surface area contributed by atoms with Crippen LogP contribution in [0.15, 0.2) is 0 Å². The van der Waals surface area contributed by atoms with Gasteiger partial charge in [-0.1, -0.05) is 13.8 Å². The number of ether oxygens (including phenoxy) is 1. The van der Waals surface area contributed by atoms with E-state index in [9.17, 15) is 0 Å². The van der Waals surface area contributed by atoms with E-state index in [-0.39, 0.29) is 0 Å². The highest BCUT2D eigenvalue weighted by Gasteiger charge is 2.10. The van der Waals surface area contributed by atoms with Crippen molar-refractivity contribution in [2.75, 3.05) is 72.6 Å². The summed E-state index contributed by atoms with van der Waals surface area (Å²) in [5, 5.41) is 0. The molecule has 0 amide bonds. The number of likely N-dealkylation sites (N-methyl/N-ethyl adjacent to an activating group) is 3. The maximum atomic E-state index is 5.16. The zero-order chi connectivity index (χ0) is 12.5. The molecule has 0 saturated carbocycles. The van der Waals surface area contributed by atoms with E-state index in [2.05, 4.69) is 35.6 Å². The van der Waals surface area contributed by atoms with Gasteiger partial charge in [-0.15, -0.1) is 0 Å². The van der Waals surface area contributed by atoms with Crippen LogP contribution in [0.25, 0.3) is 0 Å². The first-order chi connectivity index (χ1) is 8.26. The van der Waals surface area contributed by atoms with Crippen molar-refractivity contribution in [1.29, 1.82) is 0 Å². The van der Waals surface area contributed by atoms with Crippen molar-refractivity contribution in [1.82, 2.24) is 14.7 Å². The molecule has 0 aromatic rings. The summed E-state index contributed by atoms with van der Waals surface area (Å²) in [6, 6.07) is 0. The molecule has 2 aliphatic rings. The van der Waals surface area contributed by atoms with Crippen LogP contribution in [0.5, 0.6) is 0 Å². The van der Waals surface area contributed by atoms with Crippen LogP contribution in [0.4, 0.5) is 0 Å². The maximum Gasteiger partial charge on any atom is 0.0594 e. The molecule has 0 aromatic carbocycles. The van der Waals surface area contributed by atoms with Gasteiger partial charge in [0.15, 0.2) is 0 Å².